The average molecular weight is 259 g/mol. The van der Waals surface area contributed by atoms with E-state index in [9.17, 15) is 5.11 Å². The highest BCUT2D eigenvalue weighted by Gasteiger charge is 2.10. The molecule has 0 radical (unpaired) electrons. The number of phenolic OH excluding ortho intramolecular Hbond substituents is 1. The fourth-order valence-corrected chi connectivity index (χ4v) is 1.77. The van der Waals surface area contributed by atoms with Crippen LogP contribution >= 0.6 is 0 Å². The van der Waals surface area contributed by atoms with Gasteiger partial charge in [0.05, 0.1) is 12.6 Å². The second-order valence-electron chi connectivity index (χ2n) is 4.28. The molecule has 0 heterocycles. The normalized spacial score (nSPS) is 12.1. The molecule has 0 aliphatic heterocycles. The van der Waals surface area contributed by atoms with E-state index in [1.54, 1.807) is 12.1 Å². The molecule has 0 saturated heterocycles. The highest BCUT2D eigenvalue weighted by Crippen LogP contribution is 2.27. The molecule has 2 rings (SSSR count). The number of hydrogen-bond acceptors (Lipinski definition) is 4. The van der Waals surface area contributed by atoms with Gasteiger partial charge in [-0.1, -0.05) is 30.3 Å². The Bertz CT molecular complexity index is 528. The molecule has 0 saturated carbocycles. The van der Waals surface area contributed by atoms with Gasteiger partial charge in [0.15, 0.2) is 0 Å². The first-order valence-electron chi connectivity index (χ1n) is 6.07. The van der Waals surface area contributed by atoms with Crippen molar-refractivity contribution in [3.63, 3.8) is 0 Å². The van der Waals surface area contributed by atoms with Crippen molar-refractivity contribution >= 4 is 0 Å². The molecule has 0 unspecified atom stereocenters. The lowest BCUT2D eigenvalue weighted by Crippen LogP contribution is -2.14. The van der Waals surface area contributed by atoms with Gasteiger partial charge in [0.25, 0.3) is 0 Å². The maximum absolute atomic E-state index is 9.82. The minimum Gasteiger partial charge on any atom is -0.507 e. The number of benzene rings is 2. The summed E-state index contributed by atoms with van der Waals surface area (Å²) in [5.74, 6) is 0.599. The van der Waals surface area contributed by atoms with Crippen molar-refractivity contribution in [1.29, 1.82) is 0 Å². The Kier molecular flexibility index (Phi) is 4.39. The zero-order chi connectivity index (χ0) is 13.7. The van der Waals surface area contributed by atoms with E-state index in [-0.39, 0.29) is 12.4 Å². The van der Waals surface area contributed by atoms with Crippen LogP contribution in [-0.4, -0.2) is 16.8 Å². The van der Waals surface area contributed by atoms with Crippen LogP contribution in [-0.2, 0) is 6.61 Å². The molecule has 4 nitrogen and oxygen atoms in total. The SMILES string of the molecule is N[C@H](CO)c1ccc(OCc2ccccc2)cc1O. The van der Waals surface area contributed by atoms with E-state index < -0.39 is 6.04 Å². The fraction of sp³-hybridized carbons (Fsp3) is 0.200. The maximum Gasteiger partial charge on any atom is 0.124 e. The van der Waals surface area contributed by atoms with Crippen LogP contribution in [0, 0.1) is 0 Å². The maximum atomic E-state index is 9.82. The van der Waals surface area contributed by atoms with Crippen molar-refractivity contribution < 1.29 is 14.9 Å². The molecular weight excluding hydrogens is 242 g/mol. The number of hydrogen-bond donors (Lipinski definition) is 3. The molecule has 0 aliphatic carbocycles. The standard InChI is InChI=1S/C15H17NO3/c16-14(9-17)13-7-6-12(8-15(13)18)19-10-11-4-2-1-3-5-11/h1-8,14,17-18H,9-10,16H2/t14-/m1/s1. The molecule has 4 N–H and O–H groups in total. The van der Waals surface area contributed by atoms with Crippen LogP contribution in [0.4, 0.5) is 0 Å². The van der Waals surface area contributed by atoms with Gasteiger partial charge in [-0.25, -0.2) is 0 Å². The van der Waals surface area contributed by atoms with Crippen LogP contribution in [0.25, 0.3) is 0 Å². The lowest BCUT2D eigenvalue weighted by molar-refractivity contribution is 0.264. The Balaban J connectivity index is 2.04. The predicted octanol–water partition coefficient (Wildman–Crippen LogP) is 1.96. The van der Waals surface area contributed by atoms with Crippen LogP contribution < -0.4 is 10.5 Å². The Morgan fingerprint density at radius 3 is 2.47 bits per heavy atom. The molecule has 4 heteroatoms. The van der Waals surface area contributed by atoms with E-state index >= 15 is 0 Å². The summed E-state index contributed by atoms with van der Waals surface area (Å²) in [5, 5.41) is 18.8. The van der Waals surface area contributed by atoms with Gasteiger partial charge in [-0.2, -0.15) is 0 Å². The third-order valence-corrected chi connectivity index (χ3v) is 2.85. The summed E-state index contributed by atoms with van der Waals surface area (Å²) in [6.07, 6.45) is 0. The molecule has 0 amide bonds. The quantitative estimate of drug-likeness (QED) is 0.767. The number of ether oxygens (including phenoxy) is 1. The van der Waals surface area contributed by atoms with E-state index in [0.717, 1.165) is 5.56 Å². The Morgan fingerprint density at radius 2 is 1.84 bits per heavy atom. The van der Waals surface area contributed by atoms with Crippen molar-refractivity contribution in [2.24, 2.45) is 5.73 Å². The van der Waals surface area contributed by atoms with Crippen LogP contribution in [0.15, 0.2) is 48.5 Å². The lowest BCUT2D eigenvalue weighted by atomic mass is 10.1. The molecule has 2 aromatic rings. The van der Waals surface area contributed by atoms with Gasteiger partial charge in [-0.15, -0.1) is 0 Å². The number of aliphatic hydroxyl groups excluding tert-OH is 1. The summed E-state index contributed by atoms with van der Waals surface area (Å²) in [4.78, 5) is 0. The molecule has 0 spiro atoms. The second kappa shape index (κ2) is 6.22. The number of rotatable bonds is 5. The smallest absolute Gasteiger partial charge is 0.124 e. The number of nitrogens with two attached hydrogens (primary N) is 1. The molecule has 2 aromatic carbocycles. The van der Waals surface area contributed by atoms with Gasteiger partial charge >= 0.3 is 0 Å². The molecule has 1 atom stereocenters. The highest BCUT2D eigenvalue weighted by atomic mass is 16.5. The van der Waals surface area contributed by atoms with Gasteiger partial charge < -0.3 is 20.7 Å². The number of phenols is 1. The van der Waals surface area contributed by atoms with Crippen LogP contribution in [0.2, 0.25) is 0 Å². The Labute approximate surface area is 112 Å². The van der Waals surface area contributed by atoms with Gasteiger partial charge in [0.1, 0.15) is 18.1 Å². The molecule has 19 heavy (non-hydrogen) atoms. The second-order valence-corrected chi connectivity index (χ2v) is 4.28. The average Bonchev–Trinajstić information content (AvgIpc) is 2.45. The first-order valence-corrected chi connectivity index (χ1v) is 6.07. The van der Waals surface area contributed by atoms with Crippen molar-refractivity contribution in [3.05, 3.63) is 59.7 Å². The summed E-state index contributed by atoms with van der Waals surface area (Å²) in [7, 11) is 0. The van der Waals surface area contributed by atoms with Gasteiger partial charge in [-0.05, 0) is 17.7 Å². The Hall–Kier alpha value is -2.04. The van der Waals surface area contributed by atoms with E-state index in [0.29, 0.717) is 17.9 Å². The minimum atomic E-state index is -0.580. The third-order valence-electron chi connectivity index (χ3n) is 2.85. The van der Waals surface area contributed by atoms with Crippen molar-refractivity contribution in [1.82, 2.24) is 0 Å². The molecule has 0 bridgehead atoms. The van der Waals surface area contributed by atoms with E-state index in [1.165, 1.54) is 6.07 Å². The molecule has 100 valence electrons. The van der Waals surface area contributed by atoms with Gasteiger partial charge in [0, 0.05) is 11.6 Å². The van der Waals surface area contributed by atoms with Gasteiger partial charge in [0.2, 0.25) is 0 Å². The van der Waals surface area contributed by atoms with Gasteiger partial charge in [-0.3, -0.25) is 0 Å². The number of aliphatic hydroxyl groups is 1. The summed E-state index contributed by atoms with van der Waals surface area (Å²) < 4.78 is 5.58. The summed E-state index contributed by atoms with van der Waals surface area (Å²) in [5.41, 5.74) is 7.22. The zero-order valence-electron chi connectivity index (χ0n) is 10.5. The van der Waals surface area contributed by atoms with Crippen molar-refractivity contribution in [2.75, 3.05) is 6.61 Å². The molecule has 0 aliphatic rings. The molecule has 0 fully saturated rings. The van der Waals surface area contributed by atoms with Crippen LogP contribution in [0.3, 0.4) is 0 Å². The monoisotopic (exact) mass is 259 g/mol. The van der Waals surface area contributed by atoms with E-state index in [4.69, 9.17) is 15.6 Å². The molecule has 0 aromatic heterocycles. The first kappa shape index (κ1) is 13.4. The van der Waals surface area contributed by atoms with Crippen molar-refractivity contribution in [3.8, 4) is 11.5 Å². The van der Waals surface area contributed by atoms with E-state index in [2.05, 4.69) is 0 Å². The summed E-state index contributed by atoms with van der Waals surface area (Å²) >= 11 is 0. The van der Waals surface area contributed by atoms with Crippen LogP contribution in [0.5, 0.6) is 11.5 Å². The van der Waals surface area contributed by atoms with E-state index in [1.807, 2.05) is 30.3 Å². The topological polar surface area (TPSA) is 75.7 Å². The largest absolute Gasteiger partial charge is 0.507 e. The summed E-state index contributed by atoms with van der Waals surface area (Å²) in [6.45, 7) is 0.226. The zero-order valence-corrected chi connectivity index (χ0v) is 10.5. The molecular formula is C15H17NO3. The predicted molar refractivity (Wildman–Crippen MR) is 72.9 cm³/mol. The number of aromatic hydroxyl groups is 1. The van der Waals surface area contributed by atoms with Crippen molar-refractivity contribution in [2.45, 2.75) is 12.6 Å². The van der Waals surface area contributed by atoms with Crippen LogP contribution in [0.1, 0.15) is 17.2 Å². The Morgan fingerprint density at radius 1 is 1.11 bits per heavy atom. The fourth-order valence-electron chi connectivity index (χ4n) is 1.77. The highest BCUT2D eigenvalue weighted by molar-refractivity contribution is 5.41. The lowest BCUT2D eigenvalue weighted by Gasteiger charge is -2.12. The first-order chi connectivity index (χ1) is 9.20. The third kappa shape index (κ3) is 3.47. The summed E-state index contributed by atoms with van der Waals surface area (Å²) in [6, 6.07) is 14.1. The minimum absolute atomic E-state index is 0.0344.